The minimum atomic E-state index is -0.336. The SMILES string of the molecule is CCCCCC1N=C(N)C(C(=O)OC)C1C.Cl. The number of amidine groups is 1. The van der Waals surface area contributed by atoms with Gasteiger partial charge in [0, 0.05) is 0 Å². The number of aliphatic imine (C=N–C) groups is 1. The lowest BCUT2D eigenvalue weighted by Crippen LogP contribution is -2.33. The maximum Gasteiger partial charge on any atom is 0.316 e. The van der Waals surface area contributed by atoms with Crippen LogP contribution in [0.25, 0.3) is 0 Å². The van der Waals surface area contributed by atoms with Gasteiger partial charge in [-0.25, -0.2) is 0 Å². The van der Waals surface area contributed by atoms with Crippen molar-refractivity contribution in [3.63, 3.8) is 0 Å². The van der Waals surface area contributed by atoms with Crippen molar-refractivity contribution in [1.82, 2.24) is 0 Å². The standard InChI is InChI=1S/C12H22N2O2.ClH/c1-4-5-6-7-9-8(2)10(11(13)14-9)12(15)16-3;/h8-10H,4-7H2,1-3H3,(H2,13,14);1H. The molecule has 0 amide bonds. The van der Waals surface area contributed by atoms with E-state index in [2.05, 4.69) is 11.9 Å². The number of esters is 1. The fourth-order valence-corrected chi connectivity index (χ4v) is 2.27. The molecule has 3 unspecified atom stereocenters. The molecule has 17 heavy (non-hydrogen) atoms. The second-order valence-electron chi connectivity index (χ2n) is 4.48. The van der Waals surface area contributed by atoms with Gasteiger partial charge >= 0.3 is 5.97 Å². The molecule has 1 heterocycles. The number of ether oxygens (including phenoxy) is 1. The van der Waals surface area contributed by atoms with Crippen LogP contribution in [0.5, 0.6) is 0 Å². The van der Waals surface area contributed by atoms with Gasteiger partial charge in [-0.1, -0.05) is 33.1 Å². The van der Waals surface area contributed by atoms with Gasteiger partial charge in [-0.3, -0.25) is 9.79 Å². The van der Waals surface area contributed by atoms with E-state index in [1.165, 1.54) is 20.0 Å². The molecule has 0 radical (unpaired) electrons. The van der Waals surface area contributed by atoms with E-state index in [-0.39, 0.29) is 36.3 Å². The molecule has 0 saturated carbocycles. The van der Waals surface area contributed by atoms with Gasteiger partial charge in [-0.05, 0) is 12.3 Å². The van der Waals surface area contributed by atoms with Crippen LogP contribution in [0.15, 0.2) is 4.99 Å². The van der Waals surface area contributed by atoms with Gasteiger partial charge < -0.3 is 10.5 Å². The summed E-state index contributed by atoms with van der Waals surface area (Å²) in [5.74, 6) is 0.0218. The first kappa shape index (κ1) is 16.2. The Labute approximate surface area is 109 Å². The van der Waals surface area contributed by atoms with Gasteiger partial charge in [0.1, 0.15) is 11.8 Å². The van der Waals surface area contributed by atoms with Gasteiger partial charge in [0.05, 0.1) is 13.2 Å². The Bertz CT molecular complexity index is 282. The number of hydrogen-bond acceptors (Lipinski definition) is 4. The number of halogens is 1. The largest absolute Gasteiger partial charge is 0.468 e. The summed E-state index contributed by atoms with van der Waals surface area (Å²) < 4.78 is 4.75. The molecule has 1 aliphatic heterocycles. The smallest absolute Gasteiger partial charge is 0.316 e. The molecule has 0 aliphatic carbocycles. The number of nitrogens with two attached hydrogens (primary N) is 1. The third kappa shape index (κ3) is 3.87. The van der Waals surface area contributed by atoms with Crippen molar-refractivity contribution in [3.05, 3.63) is 0 Å². The molecule has 3 atom stereocenters. The zero-order valence-electron chi connectivity index (χ0n) is 10.8. The normalized spacial score (nSPS) is 27.2. The summed E-state index contributed by atoms with van der Waals surface area (Å²) >= 11 is 0. The number of hydrogen-bond donors (Lipinski definition) is 1. The Morgan fingerprint density at radius 1 is 1.47 bits per heavy atom. The lowest BCUT2D eigenvalue weighted by atomic mass is 9.88. The summed E-state index contributed by atoms with van der Waals surface area (Å²) in [4.78, 5) is 15.9. The zero-order chi connectivity index (χ0) is 12.1. The average molecular weight is 263 g/mol. The molecule has 0 bridgehead atoms. The van der Waals surface area contributed by atoms with E-state index >= 15 is 0 Å². The molecular weight excluding hydrogens is 240 g/mol. The lowest BCUT2D eigenvalue weighted by Gasteiger charge is -2.17. The molecule has 0 spiro atoms. The molecule has 1 aliphatic rings. The fourth-order valence-electron chi connectivity index (χ4n) is 2.27. The third-order valence-electron chi connectivity index (χ3n) is 3.32. The number of carbonyl (C=O) groups excluding carboxylic acids is 1. The summed E-state index contributed by atoms with van der Waals surface area (Å²) in [6, 6.07) is 0.190. The lowest BCUT2D eigenvalue weighted by molar-refractivity contribution is -0.144. The highest BCUT2D eigenvalue weighted by atomic mass is 35.5. The van der Waals surface area contributed by atoms with Gasteiger partial charge in [0.15, 0.2) is 0 Å². The van der Waals surface area contributed by atoms with Crippen LogP contribution in [0.4, 0.5) is 0 Å². The van der Waals surface area contributed by atoms with E-state index in [4.69, 9.17) is 10.5 Å². The van der Waals surface area contributed by atoms with Crippen molar-refractivity contribution < 1.29 is 9.53 Å². The van der Waals surface area contributed by atoms with Crippen LogP contribution in [0, 0.1) is 11.8 Å². The van der Waals surface area contributed by atoms with Gasteiger partial charge in [-0.15, -0.1) is 12.4 Å². The quantitative estimate of drug-likeness (QED) is 0.610. The van der Waals surface area contributed by atoms with E-state index in [0.717, 1.165) is 12.8 Å². The Balaban J connectivity index is 0.00000256. The monoisotopic (exact) mass is 262 g/mol. The highest BCUT2D eigenvalue weighted by molar-refractivity contribution is 6.01. The highest BCUT2D eigenvalue weighted by Gasteiger charge is 2.39. The summed E-state index contributed by atoms with van der Waals surface area (Å²) in [5.41, 5.74) is 5.79. The highest BCUT2D eigenvalue weighted by Crippen LogP contribution is 2.29. The number of nitrogens with zero attached hydrogens (tertiary/aromatic N) is 1. The van der Waals surface area contributed by atoms with E-state index in [9.17, 15) is 4.79 Å². The van der Waals surface area contributed by atoms with Crippen molar-refractivity contribution in [2.24, 2.45) is 22.6 Å². The summed E-state index contributed by atoms with van der Waals surface area (Å²) in [6.07, 6.45) is 4.57. The van der Waals surface area contributed by atoms with Crippen LogP contribution >= 0.6 is 12.4 Å². The topological polar surface area (TPSA) is 64.7 Å². The second kappa shape index (κ2) is 7.54. The molecule has 100 valence electrons. The zero-order valence-corrected chi connectivity index (χ0v) is 11.6. The predicted molar refractivity (Wildman–Crippen MR) is 71.5 cm³/mol. The number of unbranched alkanes of at least 4 members (excludes halogenated alkanes) is 2. The minimum Gasteiger partial charge on any atom is -0.468 e. The van der Waals surface area contributed by atoms with Gasteiger partial charge in [-0.2, -0.15) is 0 Å². The molecule has 0 aromatic rings. The number of rotatable bonds is 5. The van der Waals surface area contributed by atoms with Crippen molar-refractivity contribution in [2.45, 2.75) is 45.6 Å². The first-order valence-corrected chi connectivity index (χ1v) is 6.02. The van der Waals surface area contributed by atoms with Gasteiger partial charge in [0.2, 0.25) is 0 Å². The fraction of sp³-hybridized carbons (Fsp3) is 0.833. The van der Waals surface area contributed by atoms with Crippen LogP contribution in [0.1, 0.15) is 39.5 Å². The summed E-state index contributed by atoms with van der Waals surface area (Å²) in [5, 5.41) is 0. The van der Waals surface area contributed by atoms with Crippen LogP contribution < -0.4 is 5.73 Å². The van der Waals surface area contributed by atoms with Gasteiger partial charge in [0.25, 0.3) is 0 Å². The van der Waals surface area contributed by atoms with E-state index < -0.39 is 0 Å². The Kier molecular flexibility index (Phi) is 7.19. The van der Waals surface area contributed by atoms with E-state index in [0.29, 0.717) is 5.84 Å². The maximum atomic E-state index is 11.5. The van der Waals surface area contributed by atoms with Crippen molar-refractivity contribution >= 4 is 24.2 Å². The van der Waals surface area contributed by atoms with Crippen LogP contribution in [-0.2, 0) is 9.53 Å². The van der Waals surface area contributed by atoms with Crippen LogP contribution in [0.3, 0.4) is 0 Å². The van der Waals surface area contributed by atoms with Crippen molar-refractivity contribution in [2.75, 3.05) is 7.11 Å². The Morgan fingerprint density at radius 3 is 2.65 bits per heavy atom. The Hall–Kier alpha value is -0.770. The van der Waals surface area contributed by atoms with Crippen molar-refractivity contribution in [1.29, 1.82) is 0 Å². The number of methoxy groups -OCH3 is 1. The molecule has 4 nitrogen and oxygen atoms in total. The van der Waals surface area contributed by atoms with E-state index in [1.54, 1.807) is 0 Å². The molecule has 0 fully saturated rings. The van der Waals surface area contributed by atoms with Crippen LogP contribution in [0.2, 0.25) is 0 Å². The van der Waals surface area contributed by atoms with Crippen molar-refractivity contribution in [3.8, 4) is 0 Å². The van der Waals surface area contributed by atoms with E-state index in [1.807, 2.05) is 6.92 Å². The second-order valence-corrected chi connectivity index (χ2v) is 4.48. The molecule has 0 aromatic heterocycles. The summed E-state index contributed by atoms with van der Waals surface area (Å²) in [6.45, 7) is 4.20. The molecule has 0 aromatic carbocycles. The molecule has 1 rings (SSSR count). The molecular formula is C12H23ClN2O2. The first-order valence-electron chi connectivity index (χ1n) is 6.02. The third-order valence-corrected chi connectivity index (χ3v) is 3.32. The Morgan fingerprint density at radius 2 is 2.12 bits per heavy atom. The molecule has 0 saturated heterocycles. The minimum absolute atomic E-state index is 0. The average Bonchev–Trinajstić information content (AvgIpc) is 2.54. The maximum absolute atomic E-state index is 11.5. The predicted octanol–water partition coefficient (Wildman–Crippen LogP) is 2.15. The number of carbonyl (C=O) groups is 1. The van der Waals surface area contributed by atoms with Crippen LogP contribution in [-0.4, -0.2) is 25.0 Å². The molecule has 5 heteroatoms. The molecule has 2 N–H and O–H groups in total. The first-order chi connectivity index (χ1) is 7.61. The summed E-state index contributed by atoms with van der Waals surface area (Å²) in [7, 11) is 1.40.